The maximum Gasteiger partial charge on any atom is 0.320 e. The van der Waals surface area contributed by atoms with Gasteiger partial charge in [-0.3, -0.25) is 4.79 Å². The Balaban J connectivity index is 2.26. The molecule has 3 heteroatoms. The molecule has 0 aromatic rings. The number of carbonyl (C=O) groups is 1. The van der Waals surface area contributed by atoms with Crippen LogP contribution in [0.3, 0.4) is 0 Å². The Kier molecular flexibility index (Phi) is 3.71. The van der Waals surface area contributed by atoms with Crippen LogP contribution in [0, 0.1) is 0 Å². The zero-order chi connectivity index (χ0) is 9.68. The summed E-state index contributed by atoms with van der Waals surface area (Å²) in [6, 6.07) is -0.716. The molecule has 0 radical (unpaired) electrons. The lowest BCUT2D eigenvalue weighted by molar-refractivity contribution is -0.138. The van der Waals surface area contributed by atoms with Gasteiger partial charge in [-0.05, 0) is 25.7 Å². The van der Waals surface area contributed by atoms with Crippen LogP contribution in [0.4, 0.5) is 0 Å². The van der Waals surface area contributed by atoms with E-state index in [0.29, 0.717) is 6.42 Å². The monoisotopic (exact) mass is 181 g/mol. The van der Waals surface area contributed by atoms with Gasteiger partial charge in [-0.15, -0.1) is 0 Å². The van der Waals surface area contributed by atoms with Gasteiger partial charge in [0, 0.05) is 0 Å². The summed E-state index contributed by atoms with van der Waals surface area (Å²) in [5, 5.41) is 8.55. The number of hydrogen-bond donors (Lipinski definition) is 2. The molecule has 0 saturated carbocycles. The number of allylic oxidation sites excluding steroid dienone is 4. The molecule has 0 aromatic heterocycles. The minimum absolute atomic E-state index is 0.537. The Hall–Kier alpha value is -1.09. The third-order valence-electron chi connectivity index (χ3n) is 2.18. The van der Waals surface area contributed by atoms with E-state index in [-0.39, 0.29) is 0 Å². The molecule has 72 valence electrons. The van der Waals surface area contributed by atoms with Gasteiger partial charge in [0.1, 0.15) is 6.04 Å². The average molecular weight is 181 g/mol. The molecule has 13 heavy (non-hydrogen) atoms. The maximum atomic E-state index is 10.4. The van der Waals surface area contributed by atoms with Crippen molar-refractivity contribution in [3.63, 3.8) is 0 Å². The molecule has 1 aliphatic rings. The van der Waals surface area contributed by atoms with E-state index in [9.17, 15) is 4.79 Å². The van der Waals surface area contributed by atoms with Crippen molar-refractivity contribution in [2.75, 3.05) is 0 Å². The SMILES string of the molecule is N[C@@H](CCC1=CCC=CC1)C(=O)O. The molecule has 3 nitrogen and oxygen atoms in total. The van der Waals surface area contributed by atoms with Crippen LogP contribution in [0.15, 0.2) is 23.8 Å². The molecular weight excluding hydrogens is 166 g/mol. The Bertz CT molecular complexity index is 243. The lowest BCUT2D eigenvalue weighted by Crippen LogP contribution is -2.29. The van der Waals surface area contributed by atoms with Crippen molar-refractivity contribution in [1.82, 2.24) is 0 Å². The highest BCUT2D eigenvalue weighted by Gasteiger charge is 2.11. The predicted molar refractivity (Wildman–Crippen MR) is 51.3 cm³/mol. The smallest absolute Gasteiger partial charge is 0.320 e. The van der Waals surface area contributed by atoms with Crippen molar-refractivity contribution in [2.24, 2.45) is 5.73 Å². The zero-order valence-electron chi connectivity index (χ0n) is 7.57. The van der Waals surface area contributed by atoms with Crippen molar-refractivity contribution in [1.29, 1.82) is 0 Å². The third-order valence-corrected chi connectivity index (χ3v) is 2.18. The van der Waals surface area contributed by atoms with Crippen molar-refractivity contribution in [3.8, 4) is 0 Å². The Morgan fingerprint density at radius 1 is 1.62 bits per heavy atom. The molecule has 0 aromatic carbocycles. The highest BCUT2D eigenvalue weighted by atomic mass is 16.4. The second-order valence-corrected chi connectivity index (χ2v) is 3.26. The molecule has 0 aliphatic heterocycles. The molecule has 1 aliphatic carbocycles. The van der Waals surface area contributed by atoms with Crippen molar-refractivity contribution in [3.05, 3.63) is 23.8 Å². The van der Waals surface area contributed by atoms with E-state index in [0.717, 1.165) is 19.3 Å². The predicted octanol–water partition coefficient (Wildman–Crippen LogP) is 1.45. The fourth-order valence-electron chi connectivity index (χ4n) is 1.32. The van der Waals surface area contributed by atoms with E-state index in [4.69, 9.17) is 10.8 Å². The van der Waals surface area contributed by atoms with E-state index in [1.54, 1.807) is 0 Å². The normalized spacial score (nSPS) is 18.1. The first-order chi connectivity index (χ1) is 6.20. The average Bonchev–Trinajstić information content (AvgIpc) is 2.15. The lowest BCUT2D eigenvalue weighted by Gasteiger charge is -2.10. The van der Waals surface area contributed by atoms with Gasteiger partial charge in [-0.1, -0.05) is 23.8 Å². The molecular formula is C10H15NO2. The number of rotatable bonds is 4. The lowest BCUT2D eigenvalue weighted by atomic mass is 9.99. The van der Waals surface area contributed by atoms with Gasteiger partial charge < -0.3 is 10.8 Å². The second-order valence-electron chi connectivity index (χ2n) is 3.26. The van der Waals surface area contributed by atoms with Crippen LogP contribution >= 0.6 is 0 Å². The molecule has 0 saturated heterocycles. The third kappa shape index (κ3) is 3.42. The van der Waals surface area contributed by atoms with Crippen LogP contribution in [-0.4, -0.2) is 17.1 Å². The van der Waals surface area contributed by atoms with Gasteiger partial charge in [-0.2, -0.15) is 0 Å². The van der Waals surface area contributed by atoms with Gasteiger partial charge in [0.2, 0.25) is 0 Å². The van der Waals surface area contributed by atoms with Crippen molar-refractivity contribution >= 4 is 5.97 Å². The topological polar surface area (TPSA) is 63.3 Å². The Labute approximate surface area is 77.9 Å². The summed E-state index contributed by atoms with van der Waals surface area (Å²) in [6.45, 7) is 0. The van der Waals surface area contributed by atoms with Crippen LogP contribution in [0.25, 0.3) is 0 Å². The molecule has 0 spiro atoms. The standard InChI is InChI=1S/C10H15NO2/c11-9(10(12)13)7-6-8-4-2-1-3-5-8/h1-2,5,9H,3-4,6-7,11H2,(H,12,13)/t9-/m0/s1. The van der Waals surface area contributed by atoms with Crippen LogP contribution < -0.4 is 5.73 Å². The molecule has 0 amide bonds. The Morgan fingerprint density at radius 2 is 2.38 bits per heavy atom. The van der Waals surface area contributed by atoms with Gasteiger partial charge in [0.25, 0.3) is 0 Å². The molecule has 1 atom stereocenters. The van der Waals surface area contributed by atoms with Crippen molar-refractivity contribution in [2.45, 2.75) is 31.7 Å². The molecule has 0 heterocycles. The molecule has 1 rings (SSSR count). The molecule has 0 fully saturated rings. The highest BCUT2D eigenvalue weighted by molar-refractivity contribution is 5.73. The van der Waals surface area contributed by atoms with Gasteiger partial charge in [0.05, 0.1) is 0 Å². The Morgan fingerprint density at radius 3 is 2.92 bits per heavy atom. The summed E-state index contributed by atoms with van der Waals surface area (Å²) >= 11 is 0. The van der Waals surface area contributed by atoms with Crippen molar-refractivity contribution < 1.29 is 9.90 Å². The minimum atomic E-state index is -0.910. The van der Waals surface area contributed by atoms with Gasteiger partial charge in [-0.25, -0.2) is 0 Å². The largest absolute Gasteiger partial charge is 0.480 e. The highest BCUT2D eigenvalue weighted by Crippen LogP contribution is 2.16. The van der Waals surface area contributed by atoms with Crippen LogP contribution in [0.5, 0.6) is 0 Å². The minimum Gasteiger partial charge on any atom is -0.480 e. The van der Waals surface area contributed by atoms with E-state index < -0.39 is 12.0 Å². The summed E-state index contributed by atoms with van der Waals surface area (Å²) in [5.74, 6) is -0.910. The summed E-state index contributed by atoms with van der Waals surface area (Å²) in [7, 11) is 0. The number of carboxylic acid groups (broad SMARTS) is 1. The van der Waals surface area contributed by atoms with E-state index in [1.165, 1.54) is 5.57 Å². The number of carboxylic acids is 1. The molecule has 3 N–H and O–H groups in total. The first kappa shape index (κ1) is 9.99. The fourth-order valence-corrected chi connectivity index (χ4v) is 1.32. The summed E-state index contributed by atoms with van der Waals surface area (Å²) < 4.78 is 0. The maximum absolute atomic E-state index is 10.4. The number of hydrogen-bond acceptors (Lipinski definition) is 2. The van der Waals surface area contributed by atoms with Gasteiger partial charge in [0.15, 0.2) is 0 Å². The number of aliphatic carboxylic acids is 1. The quantitative estimate of drug-likeness (QED) is 0.645. The van der Waals surface area contributed by atoms with Crippen LogP contribution in [-0.2, 0) is 4.79 Å². The first-order valence-electron chi connectivity index (χ1n) is 4.51. The van der Waals surface area contributed by atoms with E-state index >= 15 is 0 Å². The number of nitrogens with two attached hydrogens (primary N) is 1. The summed E-state index contributed by atoms with van der Waals surface area (Å²) in [6.07, 6.45) is 9.63. The second kappa shape index (κ2) is 4.82. The van der Waals surface area contributed by atoms with Crippen LogP contribution in [0.1, 0.15) is 25.7 Å². The summed E-state index contributed by atoms with van der Waals surface area (Å²) in [4.78, 5) is 10.4. The van der Waals surface area contributed by atoms with E-state index in [1.807, 2.05) is 0 Å². The molecule has 0 unspecified atom stereocenters. The molecule has 0 bridgehead atoms. The van der Waals surface area contributed by atoms with Crippen LogP contribution in [0.2, 0.25) is 0 Å². The fraction of sp³-hybridized carbons (Fsp3) is 0.500. The van der Waals surface area contributed by atoms with E-state index in [2.05, 4.69) is 18.2 Å². The van der Waals surface area contributed by atoms with Gasteiger partial charge >= 0.3 is 5.97 Å². The first-order valence-corrected chi connectivity index (χ1v) is 4.51. The zero-order valence-corrected chi connectivity index (χ0v) is 7.57. The summed E-state index contributed by atoms with van der Waals surface area (Å²) in [5.41, 5.74) is 6.69.